The molecule has 1 heterocycles. The third-order valence-electron chi connectivity index (χ3n) is 3.61. The van der Waals surface area contributed by atoms with Crippen LogP contribution in [0.25, 0.3) is 0 Å². The van der Waals surface area contributed by atoms with Crippen LogP contribution in [0.15, 0.2) is 29.8 Å². The molecular weight excluding hydrogens is 318 g/mol. The van der Waals surface area contributed by atoms with E-state index in [1.807, 2.05) is 5.51 Å². The normalized spacial score (nSPS) is 12.6. The van der Waals surface area contributed by atoms with Crippen molar-refractivity contribution in [1.29, 1.82) is 0 Å². The molecule has 0 aliphatic heterocycles. The van der Waals surface area contributed by atoms with Gasteiger partial charge in [0.05, 0.1) is 11.2 Å². The van der Waals surface area contributed by atoms with E-state index < -0.39 is 0 Å². The van der Waals surface area contributed by atoms with Gasteiger partial charge in [-0.05, 0) is 50.2 Å². The standard InChI is InChI=1S/C16H20BrNS/c1-12-5-3-4-6-15(12)9-14(10-17)7-8-16-13(2)18-11-19-16/h3-6,11,14H,7-10H2,1-2H3. The van der Waals surface area contributed by atoms with Crippen LogP contribution in [0.5, 0.6) is 0 Å². The second-order valence-electron chi connectivity index (χ2n) is 5.05. The van der Waals surface area contributed by atoms with Gasteiger partial charge >= 0.3 is 0 Å². The van der Waals surface area contributed by atoms with Gasteiger partial charge in [0.25, 0.3) is 0 Å². The van der Waals surface area contributed by atoms with Gasteiger partial charge in [-0.3, -0.25) is 0 Å². The molecule has 0 saturated carbocycles. The summed E-state index contributed by atoms with van der Waals surface area (Å²) in [5.41, 5.74) is 6.04. The molecule has 0 N–H and O–H groups in total. The summed E-state index contributed by atoms with van der Waals surface area (Å²) >= 11 is 5.45. The molecule has 1 aromatic heterocycles. The Morgan fingerprint density at radius 3 is 2.68 bits per heavy atom. The highest BCUT2D eigenvalue weighted by atomic mass is 79.9. The summed E-state index contributed by atoms with van der Waals surface area (Å²) in [4.78, 5) is 5.77. The third-order valence-corrected chi connectivity index (χ3v) is 5.52. The molecule has 1 unspecified atom stereocenters. The Kier molecular flexibility index (Phi) is 5.59. The fourth-order valence-corrected chi connectivity index (χ4v) is 3.63. The van der Waals surface area contributed by atoms with Gasteiger partial charge in [-0.25, -0.2) is 4.98 Å². The molecule has 3 heteroatoms. The number of thiazole rings is 1. The smallest absolute Gasteiger partial charge is 0.0797 e. The maximum atomic E-state index is 4.33. The van der Waals surface area contributed by atoms with E-state index in [1.54, 1.807) is 11.3 Å². The van der Waals surface area contributed by atoms with Crippen molar-refractivity contribution in [1.82, 2.24) is 4.98 Å². The lowest BCUT2D eigenvalue weighted by molar-refractivity contribution is 0.543. The maximum absolute atomic E-state index is 4.33. The first-order chi connectivity index (χ1) is 9.20. The Hall–Kier alpha value is -0.670. The average Bonchev–Trinajstić information content (AvgIpc) is 2.82. The van der Waals surface area contributed by atoms with Crippen molar-refractivity contribution in [3.8, 4) is 0 Å². The molecule has 0 fully saturated rings. The van der Waals surface area contributed by atoms with E-state index in [4.69, 9.17) is 0 Å². The van der Waals surface area contributed by atoms with Crippen molar-refractivity contribution in [3.63, 3.8) is 0 Å². The van der Waals surface area contributed by atoms with Crippen molar-refractivity contribution < 1.29 is 0 Å². The van der Waals surface area contributed by atoms with Crippen LogP contribution in [0, 0.1) is 19.8 Å². The zero-order valence-electron chi connectivity index (χ0n) is 11.5. The van der Waals surface area contributed by atoms with Crippen LogP contribution in [-0.4, -0.2) is 10.3 Å². The summed E-state index contributed by atoms with van der Waals surface area (Å²) in [6.07, 6.45) is 3.54. The topological polar surface area (TPSA) is 12.9 Å². The number of rotatable bonds is 6. The van der Waals surface area contributed by atoms with Gasteiger partial charge < -0.3 is 0 Å². The molecule has 19 heavy (non-hydrogen) atoms. The highest BCUT2D eigenvalue weighted by Crippen LogP contribution is 2.22. The molecule has 0 saturated heterocycles. The van der Waals surface area contributed by atoms with E-state index in [0.717, 1.165) is 18.2 Å². The van der Waals surface area contributed by atoms with Crippen molar-refractivity contribution in [2.75, 3.05) is 5.33 Å². The van der Waals surface area contributed by atoms with Crippen molar-refractivity contribution in [2.24, 2.45) is 5.92 Å². The summed E-state index contributed by atoms with van der Waals surface area (Å²) in [6, 6.07) is 8.71. The Balaban J connectivity index is 1.94. The number of halogens is 1. The minimum Gasteiger partial charge on any atom is -0.250 e. The molecule has 2 aromatic rings. The number of alkyl halides is 1. The van der Waals surface area contributed by atoms with Crippen LogP contribution in [0.3, 0.4) is 0 Å². The van der Waals surface area contributed by atoms with E-state index in [0.29, 0.717) is 5.92 Å². The van der Waals surface area contributed by atoms with E-state index in [1.165, 1.54) is 28.1 Å². The Labute approximate surface area is 128 Å². The number of hydrogen-bond acceptors (Lipinski definition) is 2. The van der Waals surface area contributed by atoms with Crippen LogP contribution in [0.1, 0.15) is 28.1 Å². The lowest BCUT2D eigenvalue weighted by Gasteiger charge is -2.15. The number of aromatic nitrogens is 1. The molecule has 0 radical (unpaired) electrons. The lowest BCUT2D eigenvalue weighted by Crippen LogP contribution is -2.08. The largest absolute Gasteiger partial charge is 0.250 e. The molecule has 0 bridgehead atoms. The van der Waals surface area contributed by atoms with E-state index in [9.17, 15) is 0 Å². The van der Waals surface area contributed by atoms with Crippen molar-refractivity contribution in [2.45, 2.75) is 33.1 Å². The van der Waals surface area contributed by atoms with E-state index in [2.05, 4.69) is 59.0 Å². The lowest BCUT2D eigenvalue weighted by atomic mass is 9.94. The summed E-state index contributed by atoms with van der Waals surface area (Å²) in [7, 11) is 0. The molecule has 0 spiro atoms. The fourth-order valence-electron chi connectivity index (χ4n) is 2.29. The van der Waals surface area contributed by atoms with Gasteiger partial charge in [0.2, 0.25) is 0 Å². The average molecular weight is 338 g/mol. The number of hydrogen-bond donors (Lipinski definition) is 0. The first kappa shape index (κ1) is 14.7. The number of nitrogens with zero attached hydrogens (tertiary/aromatic N) is 1. The van der Waals surface area contributed by atoms with Gasteiger partial charge in [0.1, 0.15) is 0 Å². The van der Waals surface area contributed by atoms with Crippen LogP contribution < -0.4 is 0 Å². The van der Waals surface area contributed by atoms with Gasteiger partial charge in [-0.2, -0.15) is 0 Å². The molecule has 0 amide bonds. The summed E-state index contributed by atoms with van der Waals surface area (Å²) in [6.45, 7) is 4.31. The predicted molar refractivity (Wildman–Crippen MR) is 87.3 cm³/mol. The third kappa shape index (κ3) is 4.15. The minimum absolute atomic E-state index is 0.697. The van der Waals surface area contributed by atoms with Gasteiger partial charge in [-0.15, -0.1) is 11.3 Å². The SMILES string of the molecule is Cc1ccccc1CC(CBr)CCc1scnc1C. The fraction of sp³-hybridized carbons (Fsp3) is 0.438. The van der Waals surface area contributed by atoms with Crippen LogP contribution >= 0.6 is 27.3 Å². The maximum Gasteiger partial charge on any atom is 0.0797 e. The van der Waals surface area contributed by atoms with E-state index in [-0.39, 0.29) is 0 Å². The molecule has 1 atom stereocenters. The van der Waals surface area contributed by atoms with Crippen LogP contribution in [0.2, 0.25) is 0 Å². The summed E-state index contributed by atoms with van der Waals surface area (Å²) < 4.78 is 0. The Morgan fingerprint density at radius 2 is 2.05 bits per heavy atom. The Bertz CT molecular complexity index is 521. The quantitative estimate of drug-likeness (QED) is 0.680. The zero-order chi connectivity index (χ0) is 13.7. The van der Waals surface area contributed by atoms with Crippen molar-refractivity contribution in [3.05, 3.63) is 51.5 Å². The molecule has 2 rings (SSSR count). The minimum atomic E-state index is 0.697. The molecule has 0 aliphatic rings. The molecular formula is C16H20BrNS. The summed E-state index contributed by atoms with van der Waals surface area (Å²) in [5.74, 6) is 0.697. The zero-order valence-corrected chi connectivity index (χ0v) is 13.9. The number of aryl methyl sites for hydroxylation is 3. The molecule has 0 aliphatic carbocycles. The van der Waals surface area contributed by atoms with E-state index >= 15 is 0 Å². The van der Waals surface area contributed by atoms with Crippen LogP contribution in [-0.2, 0) is 12.8 Å². The van der Waals surface area contributed by atoms with Crippen LogP contribution in [0.4, 0.5) is 0 Å². The first-order valence-electron chi connectivity index (χ1n) is 6.70. The summed E-state index contributed by atoms with van der Waals surface area (Å²) in [5, 5.41) is 1.07. The van der Waals surface area contributed by atoms with Gasteiger partial charge in [0.15, 0.2) is 0 Å². The first-order valence-corrected chi connectivity index (χ1v) is 8.70. The highest BCUT2D eigenvalue weighted by Gasteiger charge is 2.11. The second-order valence-corrected chi connectivity index (χ2v) is 6.64. The van der Waals surface area contributed by atoms with Crippen molar-refractivity contribution >= 4 is 27.3 Å². The second kappa shape index (κ2) is 7.20. The Morgan fingerprint density at radius 1 is 1.26 bits per heavy atom. The van der Waals surface area contributed by atoms with Gasteiger partial charge in [0, 0.05) is 10.2 Å². The molecule has 1 aromatic carbocycles. The molecule has 1 nitrogen and oxygen atoms in total. The van der Waals surface area contributed by atoms with Gasteiger partial charge in [-0.1, -0.05) is 40.2 Å². The number of benzene rings is 1. The monoisotopic (exact) mass is 337 g/mol. The highest BCUT2D eigenvalue weighted by molar-refractivity contribution is 9.09. The molecule has 102 valence electrons. The predicted octanol–water partition coefficient (Wildman–Crippen LogP) is 4.95.